The molecule has 0 saturated carbocycles. The molecule has 0 bridgehead atoms. The Labute approximate surface area is 144 Å². The smallest absolute Gasteiger partial charge is 0.186 e. The summed E-state index contributed by atoms with van der Waals surface area (Å²) in [6.45, 7) is 5.09. The molecule has 0 aliphatic carbocycles. The van der Waals surface area contributed by atoms with E-state index in [4.69, 9.17) is 14.5 Å². The first-order chi connectivity index (χ1) is 11.7. The number of imidazole rings is 1. The van der Waals surface area contributed by atoms with Gasteiger partial charge in [0.2, 0.25) is 0 Å². The zero-order valence-corrected chi connectivity index (χ0v) is 14.8. The van der Waals surface area contributed by atoms with Gasteiger partial charge in [-0.25, -0.2) is 9.97 Å². The van der Waals surface area contributed by atoms with Crippen molar-refractivity contribution in [1.82, 2.24) is 14.5 Å². The summed E-state index contributed by atoms with van der Waals surface area (Å²) in [4.78, 5) is 11.4. The van der Waals surface area contributed by atoms with Gasteiger partial charge in [0.25, 0.3) is 0 Å². The lowest BCUT2D eigenvalue weighted by Crippen LogP contribution is -2.48. The number of thiazole rings is 1. The minimum atomic E-state index is 0.633. The molecule has 3 aromatic rings. The van der Waals surface area contributed by atoms with Gasteiger partial charge in [0.05, 0.1) is 14.2 Å². The van der Waals surface area contributed by atoms with E-state index in [1.165, 1.54) is 0 Å². The SMILES string of the molecule is COc1ccc(OC)c2sc(N3CC(Cn4ccnc4C)C3)nc12. The molecule has 2 aromatic heterocycles. The molecule has 6 nitrogen and oxygen atoms in total. The van der Waals surface area contributed by atoms with Crippen molar-refractivity contribution in [2.45, 2.75) is 13.5 Å². The fraction of sp³-hybridized carbons (Fsp3) is 0.412. The van der Waals surface area contributed by atoms with Crippen molar-refractivity contribution in [3.63, 3.8) is 0 Å². The maximum atomic E-state index is 5.46. The molecule has 3 heterocycles. The van der Waals surface area contributed by atoms with E-state index in [0.29, 0.717) is 5.92 Å². The van der Waals surface area contributed by atoms with Gasteiger partial charge in [0.15, 0.2) is 5.13 Å². The lowest BCUT2D eigenvalue weighted by atomic mass is 10.0. The zero-order valence-electron chi connectivity index (χ0n) is 14.0. The average Bonchev–Trinajstić information content (AvgIpc) is 3.15. The lowest BCUT2D eigenvalue weighted by molar-refractivity contribution is 0.354. The quantitative estimate of drug-likeness (QED) is 0.712. The third-order valence-corrected chi connectivity index (χ3v) is 5.64. The van der Waals surface area contributed by atoms with Crippen molar-refractivity contribution in [2.24, 2.45) is 5.92 Å². The molecule has 0 N–H and O–H groups in total. The summed E-state index contributed by atoms with van der Waals surface area (Å²) in [6, 6.07) is 3.84. The number of benzene rings is 1. The molecular formula is C17H20N4O2S. The van der Waals surface area contributed by atoms with Crippen LogP contribution in [0.25, 0.3) is 10.2 Å². The third kappa shape index (κ3) is 2.49. The van der Waals surface area contributed by atoms with Crippen LogP contribution in [0.1, 0.15) is 5.82 Å². The standard InChI is InChI=1S/C17H20N4O2S/c1-11-18-6-7-20(11)8-12-9-21(10-12)17-19-15-13(22-2)4-5-14(23-3)16(15)24-17/h4-7,12H,8-10H2,1-3H3. The van der Waals surface area contributed by atoms with Crippen LogP contribution < -0.4 is 14.4 Å². The number of anilines is 1. The van der Waals surface area contributed by atoms with E-state index in [1.54, 1.807) is 25.6 Å². The molecule has 0 spiro atoms. The number of rotatable bonds is 5. The van der Waals surface area contributed by atoms with E-state index >= 15 is 0 Å². The first kappa shape index (κ1) is 15.3. The second kappa shape index (κ2) is 5.98. The van der Waals surface area contributed by atoms with Crippen LogP contribution in [0, 0.1) is 12.8 Å². The number of nitrogens with zero attached hydrogens (tertiary/aromatic N) is 4. The van der Waals surface area contributed by atoms with E-state index in [-0.39, 0.29) is 0 Å². The van der Waals surface area contributed by atoms with E-state index < -0.39 is 0 Å². The lowest BCUT2D eigenvalue weighted by Gasteiger charge is -2.39. The Morgan fingerprint density at radius 2 is 1.96 bits per heavy atom. The molecule has 7 heteroatoms. The van der Waals surface area contributed by atoms with Crippen LogP contribution in [0.4, 0.5) is 5.13 Å². The second-order valence-electron chi connectivity index (χ2n) is 6.04. The number of methoxy groups -OCH3 is 2. The van der Waals surface area contributed by atoms with E-state index in [9.17, 15) is 0 Å². The summed E-state index contributed by atoms with van der Waals surface area (Å²) in [6.07, 6.45) is 3.91. The van der Waals surface area contributed by atoms with E-state index in [1.807, 2.05) is 31.5 Å². The van der Waals surface area contributed by atoms with Gasteiger partial charge in [-0.1, -0.05) is 11.3 Å². The number of aromatic nitrogens is 3. The van der Waals surface area contributed by atoms with Crippen molar-refractivity contribution in [2.75, 3.05) is 32.2 Å². The minimum Gasteiger partial charge on any atom is -0.495 e. The van der Waals surface area contributed by atoms with Crippen molar-refractivity contribution >= 4 is 26.7 Å². The topological polar surface area (TPSA) is 52.4 Å². The Bertz CT molecular complexity index is 826. The van der Waals surface area contributed by atoms with Crippen molar-refractivity contribution in [1.29, 1.82) is 0 Å². The number of fused-ring (bicyclic) bond motifs is 1. The van der Waals surface area contributed by atoms with Gasteiger partial charge in [-0.05, 0) is 19.1 Å². The summed E-state index contributed by atoms with van der Waals surface area (Å²) < 4.78 is 14.2. The number of aryl methyl sites for hydroxylation is 1. The Morgan fingerprint density at radius 3 is 2.62 bits per heavy atom. The van der Waals surface area contributed by atoms with Gasteiger partial charge >= 0.3 is 0 Å². The molecule has 1 aromatic carbocycles. The normalized spacial score (nSPS) is 14.9. The van der Waals surface area contributed by atoms with Crippen LogP contribution in [0.15, 0.2) is 24.5 Å². The maximum absolute atomic E-state index is 5.46. The summed E-state index contributed by atoms with van der Waals surface area (Å²) in [7, 11) is 3.36. The Kier molecular flexibility index (Phi) is 3.80. The van der Waals surface area contributed by atoms with Crippen molar-refractivity contribution in [3.05, 3.63) is 30.4 Å². The number of hydrogen-bond acceptors (Lipinski definition) is 6. The number of hydrogen-bond donors (Lipinski definition) is 0. The third-order valence-electron chi connectivity index (χ3n) is 4.51. The minimum absolute atomic E-state index is 0.633. The Balaban J connectivity index is 1.53. The predicted octanol–water partition coefficient (Wildman–Crippen LogP) is 2.95. The molecule has 0 unspecified atom stereocenters. The summed E-state index contributed by atoms with van der Waals surface area (Å²) >= 11 is 1.67. The monoisotopic (exact) mass is 344 g/mol. The summed E-state index contributed by atoms with van der Waals surface area (Å²) in [5.74, 6) is 3.34. The molecule has 0 radical (unpaired) electrons. The van der Waals surface area contributed by atoms with Gasteiger partial charge in [0, 0.05) is 37.9 Å². The first-order valence-electron chi connectivity index (χ1n) is 7.93. The highest BCUT2D eigenvalue weighted by Gasteiger charge is 2.30. The van der Waals surface area contributed by atoms with Crippen LogP contribution >= 0.6 is 11.3 Å². The molecule has 4 rings (SSSR count). The molecule has 126 valence electrons. The maximum Gasteiger partial charge on any atom is 0.186 e. The summed E-state index contributed by atoms with van der Waals surface area (Å²) in [5, 5.41) is 1.03. The second-order valence-corrected chi connectivity index (χ2v) is 7.02. The molecular weight excluding hydrogens is 324 g/mol. The van der Waals surface area contributed by atoms with Gasteiger partial charge in [-0.15, -0.1) is 0 Å². The van der Waals surface area contributed by atoms with Crippen LogP contribution in [0.3, 0.4) is 0 Å². The fourth-order valence-corrected chi connectivity index (χ4v) is 4.22. The highest BCUT2D eigenvalue weighted by molar-refractivity contribution is 7.22. The largest absolute Gasteiger partial charge is 0.495 e. The Hall–Kier alpha value is -2.28. The molecule has 24 heavy (non-hydrogen) atoms. The first-order valence-corrected chi connectivity index (χ1v) is 8.75. The van der Waals surface area contributed by atoms with Crippen LogP contribution in [0.5, 0.6) is 11.5 Å². The van der Waals surface area contributed by atoms with Gasteiger partial charge < -0.3 is 18.9 Å². The molecule has 1 saturated heterocycles. The highest BCUT2D eigenvalue weighted by Crippen LogP contribution is 2.41. The number of ether oxygens (including phenoxy) is 2. The van der Waals surface area contributed by atoms with Gasteiger partial charge in [0.1, 0.15) is 27.5 Å². The average molecular weight is 344 g/mol. The van der Waals surface area contributed by atoms with Crippen molar-refractivity contribution < 1.29 is 9.47 Å². The highest BCUT2D eigenvalue weighted by atomic mass is 32.1. The van der Waals surface area contributed by atoms with E-state index in [0.717, 1.165) is 52.3 Å². The van der Waals surface area contributed by atoms with Crippen molar-refractivity contribution in [3.8, 4) is 11.5 Å². The summed E-state index contributed by atoms with van der Waals surface area (Å²) in [5.41, 5.74) is 0.880. The molecule has 0 atom stereocenters. The fourth-order valence-electron chi connectivity index (χ4n) is 3.13. The van der Waals surface area contributed by atoms with Crippen LogP contribution in [0.2, 0.25) is 0 Å². The molecule has 0 amide bonds. The van der Waals surface area contributed by atoms with Crippen LogP contribution in [-0.2, 0) is 6.54 Å². The molecule has 1 aliphatic heterocycles. The van der Waals surface area contributed by atoms with E-state index in [2.05, 4.69) is 14.5 Å². The van der Waals surface area contributed by atoms with Gasteiger partial charge in [-0.2, -0.15) is 0 Å². The molecule has 1 aliphatic rings. The molecule has 1 fully saturated rings. The Morgan fingerprint density at radius 1 is 1.21 bits per heavy atom. The zero-order chi connectivity index (χ0) is 16.7. The predicted molar refractivity (Wildman–Crippen MR) is 95.4 cm³/mol. The van der Waals surface area contributed by atoms with Gasteiger partial charge in [-0.3, -0.25) is 0 Å². The van der Waals surface area contributed by atoms with Crippen LogP contribution in [-0.4, -0.2) is 41.8 Å².